The van der Waals surface area contributed by atoms with Crippen molar-refractivity contribution in [3.8, 4) is 0 Å². The molecule has 0 spiro atoms. The van der Waals surface area contributed by atoms with Gasteiger partial charge in [0.15, 0.2) is 0 Å². The number of thiocarbonyl (C=S) groups is 1. The number of anilines is 1. The number of halogens is 2. The Kier molecular flexibility index (Phi) is 5.17. The van der Waals surface area contributed by atoms with Crippen LogP contribution in [0.4, 0.5) is 10.1 Å². The number of benzene rings is 1. The minimum Gasteiger partial charge on any atom is -0.392 e. The SMILES string of the molecule is NC(=S)CNC(=O)C(=O)Nc1ccc(Br)c(F)c1. The Morgan fingerprint density at radius 3 is 2.61 bits per heavy atom. The molecule has 18 heavy (non-hydrogen) atoms. The molecule has 0 saturated heterocycles. The lowest BCUT2D eigenvalue weighted by atomic mass is 10.3. The van der Waals surface area contributed by atoms with Crippen molar-refractivity contribution in [2.45, 2.75) is 0 Å². The molecule has 0 heterocycles. The quantitative estimate of drug-likeness (QED) is 0.567. The van der Waals surface area contributed by atoms with Gasteiger partial charge in [-0.2, -0.15) is 0 Å². The third-order valence-corrected chi connectivity index (χ3v) is 2.59. The zero-order chi connectivity index (χ0) is 13.7. The van der Waals surface area contributed by atoms with Gasteiger partial charge in [0.1, 0.15) is 5.82 Å². The van der Waals surface area contributed by atoms with E-state index in [2.05, 4.69) is 38.8 Å². The number of carbonyl (C=O) groups excluding carboxylic acids is 2. The van der Waals surface area contributed by atoms with Crippen molar-refractivity contribution in [3.05, 3.63) is 28.5 Å². The Morgan fingerprint density at radius 2 is 2.06 bits per heavy atom. The molecule has 0 atom stereocenters. The summed E-state index contributed by atoms with van der Waals surface area (Å²) < 4.78 is 13.4. The van der Waals surface area contributed by atoms with Gasteiger partial charge in [0, 0.05) is 5.69 Å². The van der Waals surface area contributed by atoms with Gasteiger partial charge < -0.3 is 16.4 Å². The van der Waals surface area contributed by atoms with Crippen LogP contribution in [0.3, 0.4) is 0 Å². The van der Waals surface area contributed by atoms with Crippen LogP contribution in [-0.4, -0.2) is 23.3 Å². The molecule has 1 aromatic carbocycles. The summed E-state index contributed by atoms with van der Waals surface area (Å²) in [5.74, 6) is -2.37. The number of rotatable bonds is 3. The van der Waals surface area contributed by atoms with Gasteiger partial charge >= 0.3 is 11.8 Å². The maximum atomic E-state index is 13.2. The molecule has 96 valence electrons. The second-order valence-corrected chi connectivity index (χ2v) is 4.61. The maximum absolute atomic E-state index is 13.2. The minimum absolute atomic E-state index is 0.0610. The predicted octanol–water partition coefficient (Wildman–Crippen LogP) is 0.929. The van der Waals surface area contributed by atoms with E-state index in [0.717, 1.165) is 6.07 Å². The topological polar surface area (TPSA) is 84.2 Å². The van der Waals surface area contributed by atoms with E-state index in [1.165, 1.54) is 12.1 Å². The van der Waals surface area contributed by atoms with Crippen LogP contribution in [0.25, 0.3) is 0 Å². The molecule has 0 fully saturated rings. The lowest BCUT2D eigenvalue weighted by Gasteiger charge is -2.06. The largest absolute Gasteiger partial charge is 0.392 e. The summed E-state index contributed by atoms with van der Waals surface area (Å²) in [6.45, 7) is -0.0731. The van der Waals surface area contributed by atoms with Crippen molar-refractivity contribution >= 4 is 50.6 Å². The zero-order valence-corrected chi connectivity index (χ0v) is 11.4. The summed E-state index contributed by atoms with van der Waals surface area (Å²) in [4.78, 5) is 22.7. The first kappa shape index (κ1) is 14.5. The van der Waals surface area contributed by atoms with Crippen LogP contribution in [0.5, 0.6) is 0 Å². The molecular weight excluding hydrogens is 325 g/mol. The molecular formula is C10H9BrFN3O2S. The summed E-state index contributed by atoms with van der Waals surface area (Å²) in [5, 5.41) is 4.45. The highest BCUT2D eigenvalue weighted by atomic mass is 79.9. The third kappa shape index (κ3) is 4.38. The molecule has 0 bridgehead atoms. The van der Waals surface area contributed by atoms with Crippen molar-refractivity contribution in [1.82, 2.24) is 5.32 Å². The second kappa shape index (κ2) is 6.41. The highest BCUT2D eigenvalue weighted by Gasteiger charge is 2.13. The number of hydrogen-bond acceptors (Lipinski definition) is 3. The first-order valence-corrected chi connectivity index (χ1v) is 5.93. The molecule has 0 aliphatic heterocycles. The smallest absolute Gasteiger partial charge is 0.313 e. The van der Waals surface area contributed by atoms with E-state index in [-0.39, 0.29) is 21.7 Å². The minimum atomic E-state index is -0.923. The highest BCUT2D eigenvalue weighted by molar-refractivity contribution is 9.10. The van der Waals surface area contributed by atoms with Gasteiger partial charge in [-0.1, -0.05) is 12.2 Å². The van der Waals surface area contributed by atoms with Crippen LogP contribution >= 0.6 is 28.1 Å². The van der Waals surface area contributed by atoms with Crippen LogP contribution in [0.1, 0.15) is 0 Å². The standard InChI is InChI=1S/C10H9BrFN3O2S/c11-6-2-1-5(3-7(6)12)15-10(17)9(16)14-4-8(13)18/h1-3H,4H2,(H2,13,18)(H,14,16)(H,15,17). The molecule has 0 unspecified atom stereocenters. The molecule has 4 N–H and O–H groups in total. The van der Waals surface area contributed by atoms with Crippen LogP contribution < -0.4 is 16.4 Å². The summed E-state index contributed by atoms with van der Waals surface area (Å²) in [7, 11) is 0. The van der Waals surface area contributed by atoms with Gasteiger partial charge in [-0.05, 0) is 34.1 Å². The fourth-order valence-electron chi connectivity index (χ4n) is 1.01. The number of carbonyl (C=O) groups is 2. The monoisotopic (exact) mass is 333 g/mol. The summed E-state index contributed by atoms with van der Waals surface area (Å²) in [6.07, 6.45) is 0. The van der Waals surface area contributed by atoms with E-state index >= 15 is 0 Å². The maximum Gasteiger partial charge on any atom is 0.313 e. The normalized spacial score (nSPS) is 9.67. The van der Waals surface area contributed by atoms with Crippen molar-refractivity contribution in [3.63, 3.8) is 0 Å². The van der Waals surface area contributed by atoms with E-state index in [1.54, 1.807) is 0 Å². The summed E-state index contributed by atoms with van der Waals surface area (Å²) in [6, 6.07) is 3.95. The third-order valence-electron chi connectivity index (χ3n) is 1.81. The fourth-order valence-corrected chi connectivity index (χ4v) is 1.33. The Balaban J connectivity index is 2.61. The average molecular weight is 334 g/mol. The van der Waals surface area contributed by atoms with E-state index in [4.69, 9.17) is 5.73 Å². The van der Waals surface area contributed by atoms with Crippen LogP contribution in [0.2, 0.25) is 0 Å². The number of nitrogens with one attached hydrogen (secondary N) is 2. The molecule has 5 nitrogen and oxygen atoms in total. The Bertz CT molecular complexity index is 510. The van der Waals surface area contributed by atoms with Crippen LogP contribution in [-0.2, 0) is 9.59 Å². The number of nitrogens with two attached hydrogens (primary N) is 1. The van der Waals surface area contributed by atoms with Crippen molar-refractivity contribution in [2.75, 3.05) is 11.9 Å². The van der Waals surface area contributed by atoms with Crippen LogP contribution in [0.15, 0.2) is 22.7 Å². The molecule has 2 amide bonds. The molecule has 0 aromatic heterocycles. The number of hydrogen-bond donors (Lipinski definition) is 3. The van der Waals surface area contributed by atoms with E-state index in [1.807, 2.05) is 0 Å². The first-order chi connectivity index (χ1) is 8.40. The lowest BCUT2D eigenvalue weighted by Crippen LogP contribution is -2.39. The van der Waals surface area contributed by atoms with Gasteiger partial charge in [-0.15, -0.1) is 0 Å². The molecule has 0 aliphatic carbocycles. The number of amides is 2. The molecule has 8 heteroatoms. The van der Waals surface area contributed by atoms with Crippen molar-refractivity contribution in [1.29, 1.82) is 0 Å². The molecule has 1 rings (SSSR count). The molecule has 1 aromatic rings. The lowest BCUT2D eigenvalue weighted by molar-refractivity contribution is -0.135. The molecule has 0 saturated carbocycles. The zero-order valence-electron chi connectivity index (χ0n) is 9.00. The second-order valence-electron chi connectivity index (χ2n) is 3.23. The Hall–Kier alpha value is -1.54. The van der Waals surface area contributed by atoms with Gasteiger partial charge in [-0.25, -0.2) is 4.39 Å². The first-order valence-electron chi connectivity index (χ1n) is 4.72. The van der Waals surface area contributed by atoms with E-state index in [0.29, 0.717) is 0 Å². The highest BCUT2D eigenvalue weighted by Crippen LogP contribution is 2.19. The summed E-state index contributed by atoms with van der Waals surface area (Å²) in [5.41, 5.74) is 5.33. The predicted molar refractivity (Wildman–Crippen MR) is 72.5 cm³/mol. The van der Waals surface area contributed by atoms with Crippen molar-refractivity contribution < 1.29 is 14.0 Å². The van der Waals surface area contributed by atoms with Gasteiger partial charge in [0.05, 0.1) is 16.0 Å². The average Bonchev–Trinajstić information content (AvgIpc) is 2.30. The Morgan fingerprint density at radius 1 is 1.39 bits per heavy atom. The van der Waals surface area contributed by atoms with Crippen LogP contribution in [0, 0.1) is 5.82 Å². The van der Waals surface area contributed by atoms with Gasteiger partial charge in [-0.3, -0.25) is 9.59 Å². The van der Waals surface area contributed by atoms with E-state index < -0.39 is 17.6 Å². The van der Waals surface area contributed by atoms with Gasteiger partial charge in [0.25, 0.3) is 0 Å². The van der Waals surface area contributed by atoms with Crippen molar-refractivity contribution in [2.24, 2.45) is 5.73 Å². The summed E-state index contributed by atoms with van der Waals surface area (Å²) >= 11 is 7.51. The van der Waals surface area contributed by atoms with Gasteiger partial charge in [0.2, 0.25) is 0 Å². The fraction of sp³-hybridized carbons (Fsp3) is 0.100. The molecule has 0 radical (unpaired) electrons. The molecule has 0 aliphatic rings. The van der Waals surface area contributed by atoms with E-state index in [9.17, 15) is 14.0 Å². The Labute approximate surface area is 116 Å².